The predicted molar refractivity (Wildman–Crippen MR) is 161 cm³/mol. The average Bonchev–Trinajstić information content (AvgIpc) is 3.37. The van der Waals surface area contributed by atoms with Crippen LogP contribution in [-0.2, 0) is 6.61 Å². The molecule has 6 aromatic rings. The molecule has 6 rings (SSSR count). The summed E-state index contributed by atoms with van der Waals surface area (Å²) in [7, 11) is 0. The van der Waals surface area contributed by atoms with Gasteiger partial charge in [0, 0.05) is 10.4 Å². The third-order valence-corrected chi connectivity index (χ3v) is 7.38. The molecule has 4 aromatic carbocycles. The summed E-state index contributed by atoms with van der Waals surface area (Å²) in [5.74, 6) is 1.11. The van der Waals surface area contributed by atoms with Gasteiger partial charge in [-0.25, -0.2) is 4.98 Å². The summed E-state index contributed by atoms with van der Waals surface area (Å²) < 4.78 is 13.1. The van der Waals surface area contributed by atoms with Gasteiger partial charge < -0.3 is 9.15 Å². The van der Waals surface area contributed by atoms with Gasteiger partial charge in [-0.3, -0.25) is 4.79 Å². The van der Waals surface area contributed by atoms with E-state index >= 15 is 0 Å². The van der Waals surface area contributed by atoms with E-state index in [0.717, 1.165) is 10.9 Å². The molecule has 0 aliphatic heterocycles. The standard InChI is InChI=1S/C30H17Cl4N3O3/c31-20-7-10-26-19(13-20)14-28(40-26)29-36-25-4-2-1-3-21(25)30(38)37(29)35-15-17-6-9-27(24(34)11-17)39-16-18-5-8-22(32)23(33)12-18/h1-15H,16H2. The number of rotatable bonds is 6. The van der Waals surface area contributed by atoms with Crippen LogP contribution in [0.5, 0.6) is 5.75 Å². The lowest BCUT2D eigenvalue weighted by molar-refractivity contribution is 0.306. The zero-order valence-corrected chi connectivity index (χ0v) is 23.5. The Morgan fingerprint density at radius 3 is 2.55 bits per heavy atom. The van der Waals surface area contributed by atoms with Gasteiger partial charge >= 0.3 is 0 Å². The van der Waals surface area contributed by atoms with Crippen molar-refractivity contribution >= 4 is 74.5 Å². The molecule has 0 aliphatic carbocycles. The number of fused-ring (bicyclic) bond motifs is 2. The molecule has 0 atom stereocenters. The first kappa shape index (κ1) is 26.4. The van der Waals surface area contributed by atoms with Crippen LogP contribution >= 0.6 is 46.4 Å². The molecule has 0 saturated heterocycles. The molecule has 0 aliphatic rings. The van der Waals surface area contributed by atoms with Gasteiger partial charge in [-0.05, 0) is 77.9 Å². The predicted octanol–water partition coefficient (Wildman–Crippen LogP) is 8.88. The number of furan rings is 1. The summed E-state index contributed by atoms with van der Waals surface area (Å²) in [5, 5.41) is 7.55. The fourth-order valence-electron chi connectivity index (χ4n) is 4.14. The molecule has 2 heterocycles. The van der Waals surface area contributed by atoms with E-state index in [0.29, 0.717) is 53.6 Å². The smallest absolute Gasteiger partial charge is 0.282 e. The number of hydrogen-bond donors (Lipinski definition) is 0. The van der Waals surface area contributed by atoms with Crippen molar-refractivity contribution in [2.24, 2.45) is 5.10 Å². The van der Waals surface area contributed by atoms with Gasteiger partial charge in [-0.1, -0.05) is 64.6 Å². The fourth-order valence-corrected chi connectivity index (χ4v) is 4.89. The fraction of sp³-hybridized carbons (Fsp3) is 0.0333. The molecule has 10 heteroatoms. The second-order valence-electron chi connectivity index (χ2n) is 8.83. The van der Waals surface area contributed by atoms with E-state index in [-0.39, 0.29) is 18.0 Å². The topological polar surface area (TPSA) is 69.6 Å². The van der Waals surface area contributed by atoms with Crippen LogP contribution in [0.3, 0.4) is 0 Å². The van der Waals surface area contributed by atoms with E-state index in [4.69, 9.17) is 60.5 Å². The summed E-state index contributed by atoms with van der Waals surface area (Å²) in [6.07, 6.45) is 1.52. The molecule has 0 amide bonds. The maximum atomic E-state index is 13.5. The van der Waals surface area contributed by atoms with Gasteiger partial charge in [0.25, 0.3) is 5.56 Å². The minimum absolute atomic E-state index is 0.250. The highest BCUT2D eigenvalue weighted by Gasteiger charge is 2.17. The Morgan fingerprint density at radius 1 is 0.875 bits per heavy atom. The zero-order valence-electron chi connectivity index (χ0n) is 20.4. The van der Waals surface area contributed by atoms with E-state index in [1.807, 2.05) is 12.1 Å². The van der Waals surface area contributed by atoms with E-state index in [1.165, 1.54) is 10.9 Å². The lowest BCUT2D eigenvalue weighted by atomic mass is 10.2. The molecular weight excluding hydrogens is 592 g/mol. The van der Waals surface area contributed by atoms with Crippen molar-refractivity contribution in [3.05, 3.63) is 127 Å². The van der Waals surface area contributed by atoms with Crippen LogP contribution in [0.1, 0.15) is 11.1 Å². The Bertz CT molecular complexity index is 2000. The monoisotopic (exact) mass is 607 g/mol. The summed E-state index contributed by atoms with van der Waals surface area (Å²) in [4.78, 5) is 18.2. The number of hydrogen-bond acceptors (Lipinski definition) is 5. The SMILES string of the molecule is O=c1c2ccccc2nc(-c2cc3cc(Cl)ccc3o2)n1N=Cc1ccc(OCc2ccc(Cl)c(Cl)c2)c(Cl)c1. The summed E-state index contributed by atoms with van der Waals surface area (Å²) >= 11 is 24.7. The first-order valence-electron chi connectivity index (χ1n) is 12.0. The van der Waals surface area contributed by atoms with E-state index in [2.05, 4.69) is 5.10 Å². The van der Waals surface area contributed by atoms with Crippen molar-refractivity contribution < 1.29 is 9.15 Å². The molecule has 0 N–H and O–H groups in total. The number of benzene rings is 4. The molecule has 0 saturated carbocycles. The quantitative estimate of drug-likeness (QED) is 0.177. The van der Waals surface area contributed by atoms with Crippen LogP contribution in [0.15, 0.2) is 99.2 Å². The maximum absolute atomic E-state index is 13.5. The highest BCUT2D eigenvalue weighted by atomic mass is 35.5. The molecule has 40 heavy (non-hydrogen) atoms. The van der Waals surface area contributed by atoms with E-state index in [1.54, 1.807) is 72.8 Å². The van der Waals surface area contributed by atoms with Crippen LogP contribution in [-0.4, -0.2) is 15.9 Å². The lowest BCUT2D eigenvalue weighted by Crippen LogP contribution is -2.20. The van der Waals surface area contributed by atoms with Gasteiger partial charge in [0.15, 0.2) is 5.76 Å². The molecule has 198 valence electrons. The molecular formula is C30H17Cl4N3O3. The normalized spacial score (nSPS) is 11.6. The van der Waals surface area contributed by atoms with Gasteiger partial charge in [-0.2, -0.15) is 9.78 Å². The van der Waals surface area contributed by atoms with E-state index in [9.17, 15) is 4.79 Å². The second-order valence-corrected chi connectivity index (χ2v) is 10.5. The van der Waals surface area contributed by atoms with Crippen molar-refractivity contribution in [2.45, 2.75) is 6.61 Å². The number of ether oxygens (including phenoxy) is 1. The number of nitrogens with zero attached hydrogens (tertiary/aromatic N) is 3. The average molecular weight is 609 g/mol. The van der Waals surface area contributed by atoms with Gasteiger partial charge in [0.05, 0.1) is 32.2 Å². The third-order valence-electron chi connectivity index (χ3n) is 6.11. The highest BCUT2D eigenvalue weighted by molar-refractivity contribution is 6.42. The molecule has 0 unspecified atom stereocenters. The molecule has 6 nitrogen and oxygen atoms in total. The van der Waals surface area contributed by atoms with Crippen molar-refractivity contribution in [1.29, 1.82) is 0 Å². The van der Waals surface area contributed by atoms with Crippen LogP contribution in [0.4, 0.5) is 0 Å². The third kappa shape index (κ3) is 5.31. The van der Waals surface area contributed by atoms with Crippen LogP contribution in [0.25, 0.3) is 33.5 Å². The molecule has 0 spiro atoms. The summed E-state index contributed by atoms with van der Waals surface area (Å²) in [6.45, 7) is 0.258. The van der Waals surface area contributed by atoms with Gasteiger partial charge in [0.1, 0.15) is 17.9 Å². The highest BCUT2D eigenvalue weighted by Crippen LogP contribution is 2.30. The van der Waals surface area contributed by atoms with E-state index < -0.39 is 0 Å². The van der Waals surface area contributed by atoms with Gasteiger partial charge in [0.2, 0.25) is 5.82 Å². The molecule has 0 radical (unpaired) electrons. The van der Waals surface area contributed by atoms with Crippen molar-refractivity contribution in [2.75, 3.05) is 0 Å². The van der Waals surface area contributed by atoms with Crippen molar-refractivity contribution in [1.82, 2.24) is 9.66 Å². The first-order valence-corrected chi connectivity index (χ1v) is 13.5. The summed E-state index contributed by atoms with van der Waals surface area (Å²) in [5.41, 5.74) is 2.29. The van der Waals surface area contributed by atoms with Crippen molar-refractivity contribution in [3.63, 3.8) is 0 Å². The van der Waals surface area contributed by atoms with Gasteiger partial charge in [-0.15, -0.1) is 0 Å². The number of halogens is 4. The van der Waals surface area contributed by atoms with Crippen LogP contribution in [0, 0.1) is 0 Å². The zero-order chi connectivity index (χ0) is 27.8. The molecule has 0 bridgehead atoms. The molecule has 2 aromatic heterocycles. The first-order chi connectivity index (χ1) is 19.4. The Hall–Kier alpha value is -3.81. The molecule has 0 fully saturated rings. The maximum Gasteiger partial charge on any atom is 0.282 e. The van der Waals surface area contributed by atoms with Crippen LogP contribution in [0.2, 0.25) is 20.1 Å². The largest absolute Gasteiger partial charge is 0.487 e. The van der Waals surface area contributed by atoms with Crippen molar-refractivity contribution in [3.8, 4) is 17.3 Å². The Morgan fingerprint density at radius 2 is 1.73 bits per heavy atom. The van der Waals surface area contributed by atoms with Crippen LogP contribution < -0.4 is 10.3 Å². The lowest BCUT2D eigenvalue weighted by Gasteiger charge is -2.10. The Labute approximate surface area is 247 Å². The summed E-state index contributed by atoms with van der Waals surface area (Å²) in [6, 6.07) is 24.6. The second kappa shape index (κ2) is 11.0. The Balaban J connectivity index is 1.34. The number of aromatic nitrogens is 2. The number of para-hydroxylation sites is 1. The minimum Gasteiger partial charge on any atom is -0.487 e. The Kier molecular flexibility index (Phi) is 7.26. The minimum atomic E-state index is -0.344.